The molecule has 2 heterocycles. The average molecular weight is 232 g/mol. The largest absolute Gasteiger partial charge is 0.396 e. The predicted octanol–water partition coefficient (Wildman–Crippen LogP) is 0.947. The number of anilines is 1. The molecule has 1 aromatic rings. The Kier molecular flexibility index (Phi) is 3.89. The van der Waals surface area contributed by atoms with E-state index in [0.717, 1.165) is 31.7 Å². The average Bonchev–Trinajstić information content (AvgIpc) is 2.40. The summed E-state index contributed by atoms with van der Waals surface area (Å²) in [6.07, 6.45) is 6.29. The van der Waals surface area contributed by atoms with Gasteiger partial charge in [0.25, 0.3) is 0 Å². The van der Waals surface area contributed by atoms with Crippen molar-refractivity contribution in [2.75, 3.05) is 24.6 Å². The van der Waals surface area contributed by atoms with Gasteiger partial charge in [-0.05, 0) is 25.2 Å². The summed E-state index contributed by atoms with van der Waals surface area (Å²) in [6.45, 7) is 2.14. The summed E-state index contributed by atoms with van der Waals surface area (Å²) in [6, 6.07) is 1.96. The van der Waals surface area contributed by atoms with Crippen molar-refractivity contribution < 1.29 is 5.11 Å². The molecule has 1 unspecified atom stereocenters. The molecular formula is C12H16N4O. The van der Waals surface area contributed by atoms with Crippen molar-refractivity contribution in [2.24, 2.45) is 5.92 Å². The van der Waals surface area contributed by atoms with Crippen LogP contribution in [0, 0.1) is 17.2 Å². The lowest BCUT2D eigenvalue weighted by atomic mass is 9.95. The van der Waals surface area contributed by atoms with Crippen LogP contribution >= 0.6 is 0 Å². The Bertz CT molecular complexity index is 396. The SMILES string of the molecule is N#Cc1cnc(N2CCCC(CCO)C2)cn1. The fourth-order valence-corrected chi connectivity index (χ4v) is 2.23. The van der Waals surface area contributed by atoms with Crippen LogP contribution in [0.4, 0.5) is 5.82 Å². The third-order valence-electron chi connectivity index (χ3n) is 3.13. The molecule has 0 aromatic carbocycles. The van der Waals surface area contributed by atoms with Crippen LogP contribution in [0.1, 0.15) is 25.0 Å². The first-order valence-electron chi connectivity index (χ1n) is 5.91. The second-order valence-corrected chi connectivity index (χ2v) is 4.34. The van der Waals surface area contributed by atoms with Crippen molar-refractivity contribution in [3.63, 3.8) is 0 Å². The van der Waals surface area contributed by atoms with Gasteiger partial charge in [-0.1, -0.05) is 0 Å². The summed E-state index contributed by atoms with van der Waals surface area (Å²) >= 11 is 0. The van der Waals surface area contributed by atoms with Gasteiger partial charge < -0.3 is 10.0 Å². The number of nitrogens with zero attached hydrogens (tertiary/aromatic N) is 4. The van der Waals surface area contributed by atoms with Crippen LogP contribution in [0.2, 0.25) is 0 Å². The van der Waals surface area contributed by atoms with Crippen molar-refractivity contribution in [3.05, 3.63) is 18.1 Å². The van der Waals surface area contributed by atoms with E-state index in [9.17, 15) is 0 Å². The molecule has 5 nitrogen and oxygen atoms in total. The van der Waals surface area contributed by atoms with Gasteiger partial charge >= 0.3 is 0 Å². The van der Waals surface area contributed by atoms with Gasteiger partial charge in [-0.3, -0.25) is 0 Å². The number of hydrogen-bond acceptors (Lipinski definition) is 5. The van der Waals surface area contributed by atoms with Crippen LogP contribution in [0.15, 0.2) is 12.4 Å². The summed E-state index contributed by atoms with van der Waals surface area (Å²) in [5.74, 6) is 1.36. The van der Waals surface area contributed by atoms with Gasteiger partial charge in [0.1, 0.15) is 11.9 Å². The van der Waals surface area contributed by atoms with Crippen molar-refractivity contribution in [1.29, 1.82) is 5.26 Å². The van der Waals surface area contributed by atoms with E-state index < -0.39 is 0 Å². The maximum absolute atomic E-state index is 8.96. The zero-order valence-electron chi connectivity index (χ0n) is 9.71. The third-order valence-corrected chi connectivity index (χ3v) is 3.13. The second-order valence-electron chi connectivity index (χ2n) is 4.34. The minimum atomic E-state index is 0.248. The van der Waals surface area contributed by atoms with E-state index in [2.05, 4.69) is 14.9 Å². The number of piperidine rings is 1. The van der Waals surface area contributed by atoms with Crippen LogP contribution in [0.25, 0.3) is 0 Å². The van der Waals surface area contributed by atoms with Gasteiger partial charge in [-0.25, -0.2) is 9.97 Å². The van der Waals surface area contributed by atoms with Crippen LogP contribution < -0.4 is 4.90 Å². The van der Waals surface area contributed by atoms with Crippen molar-refractivity contribution in [2.45, 2.75) is 19.3 Å². The number of rotatable bonds is 3. The van der Waals surface area contributed by atoms with Gasteiger partial charge in [-0.2, -0.15) is 5.26 Å². The van der Waals surface area contributed by atoms with Crippen LogP contribution in [-0.4, -0.2) is 34.8 Å². The van der Waals surface area contributed by atoms with E-state index in [4.69, 9.17) is 10.4 Å². The summed E-state index contributed by atoms with van der Waals surface area (Å²) in [7, 11) is 0. The zero-order valence-corrected chi connectivity index (χ0v) is 9.71. The molecule has 0 radical (unpaired) electrons. The quantitative estimate of drug-likeness (QED) is 0.839. The van der Waals surface area contributed by atoms with Gasteiger partial charge in [0.2, 0.25) is 0 Å². The minimum Gasteiger partial charge on any atom is -0.396 e. The summed E-state index contributed by atoms with van der Waals surface area (Å²) in [5, 5.41) is 17.6. The summed E-state index contributed by atoms with van der Waals surface area (Å²) in [4.78, 5) is 10.5. The first kappa shape index (κ1) is 11.8. The number of aliphatic hydroxyl groups excluding tert-OH is 1. The van der Waals surface area contributed by atoms with Gasteiger partial charge in [0.15, 0.2) is 5.69 Å². The molecule has 1 atom stereocenters. The van der Waals surface area contributed by atoms with E-state index in [-0.39, 0.29) is 6.61 Å². The second kappa shape index (κ2) is 5.60. The summed E-state index contributed by atoms with van der Waals surface area (Å²) < 4.78 is 0. The molecule has 0 amide bonds. The van der Waals surface area contributed by atoms with E-state index in [1.807, 2.05) is 6.07 Å². The molecule has 0 bridgehead atoms. The zero-order chi connectivity index (χ0) is 12.1. The normalized spacial score (nSPS) is 20.0. The fourth-order valence-electron chi connectivity index (χ4n) is 2.23. The van der Waals surface area contributed by atoms with E-state index in [1.54, 1.807) is 6.20 Å². The number of aromatic nitrogens is 2. The molecule has 1 aliphatic heterocycles. The Balaban J connectivity index is 2.03. The molecule has 17 heavy (non-hydrogen) atoms. The first-order chi connectivity index (χ1) is 8.33. The molecule has 0 aliphatic carbocycles. The van der Waals surface area contributed by atoms with Crippen LogP contribution in [-0.2, 0) is 0 Å². The predicted molar refractivity (Wildman–Crippen MR) is 63.4 cm³/mol. The lowest BCUT2D eigenvalue weighted by Crippen LogP contribution is -2.36. The molecule has 0 saturated carbocycles. The van der Waals surface area contributed by atoms with Crippen molar-refractivity contribution >= 4 is 5.82 Å². The van der Waals surface area contributed by atoms with Gasteiger partial charge in [-0.15, -0.1) is 0 Å². The van der Waals surface area contributed by atoms with Crippen molar-refractivity contribution in [3.8, 4) is 6.07 Å². The molecule has 0 spiro atoms. The Labute approximate surface area is 101 Å². The number of aliphatic hydroxyl groups is 1. The van der Waals surface area contributed by atoms with E-state index in [1.165, 1.54) is 12.6 Å². The third kappa shape index (κ3) is 2.92. The highest BCUT2D eigenvalue weighted by Gasteiger charge is 2.20. The Morgan fingerprint density at radius 3 is 3.00 bits per heavy atom. The van der Waals surface area contributed by atoms with Gasteiger partial charge in [0, 0.05) is 19.7 Å². The molecule has 1 fully saturated rings. The molecule has 1 saturated heterocycles. The van der Waals surface area contributed by atoms with Gasteiger partial charge in [0.05, 0.1) is 12.4 Å². The van der Waals surface area contributed by atoms with Crippen LogP contribution in [0.3, 0.4) is 0 Å². The highest BCUT2D eigenvalue weighted by Crippen LogP contribution is 2.22. The van der Waals surface area contributed by atoms with E-state index in [0.29, 0.717) is 11.6 Å². The Morgan fingerprint density at radius 2 is 2.35 bits per heavy atom. The lowest BCUT2D eigenvalue weighted by molar-refractivity contribution is 0.244. The minimum absolute atomic E-state index is 0.248. The Hall–Kier alpha value is -1.67. The lowest BCUT2D eigenvalue weighted by Gasteiger charge is -2.33. The number of nitriles is 1. The summed E-state index contributed by atoms with van der Waals surface area (Å²) in [5.41, 5.74) is 0.345. The highest BCUT2D eigenvalue weighted by atomic mass is 16.3. The standard InChI is InChI=1S/C12H16N4O/c13-6-11-7-15-12(8-14-11)16-4-1-2-10(9-16)3-5-17/h7-8,10,17H,1-5,9H2. The molecule has 90 valence electrons. The Morgan fingerprint density at radius 1 is 1.47 bits per heavy atom. The molecule has 1 aromatic heterocycles. The smallest absolute Gasteiger partial charge is 0.158 e. The van der Waals surface area contributed by atoms with E-state index >= 15 is 0 Å². The van der Waals surface area contributed by atoms with Crippen LogP contribution in [0.5, 0.6) is 0 Å². The molecule has 1 N–H and O–H groups in total. The fraction of sp³-hybridized carbons (Fsp3) is 0.583. The molecule has 2 rings (SSSR count). The monoisotopic (exact) mass is 232 g/mol. The maximum Gasteiger partial charge on any atom is 0.158 e. The topological polar surface area (TPSA) is 73.0 Å². The molecular weight excluding hydrogens is 216 g/mol. The first-order valence-corrected chi connectivity index (χ1v) is 5.91. The highest BCUT2D eigenvalue weighted by molar-refractivity contribution is 5.37. The van der Waals surface area contributed by atoms with Crippen molar-refractivity contribution in [1.82, 2.24) is 9.97 Å². The maximum atomic E-state index is 8.96. The molecule has 1 aliphatic rings. The molecule has 5 heteroatoms. The number of hydrogen-bond donors (Lipinski definition) is 1.